The lowest BCUT2D eigenvalue weighted by Crippen LogP contribution is -2.23. The molecule has 0 bridgehead atoms. The van der Waals surface area contributed by atoms with Crippen molar-refractivity contribution in [3.8, 4) is 0 Å². The first-order chi connectivity index (χ1) is 8.74. The van der Waals surface area contributed by atoms with Crippen LogP contribution >= 0.6 is 11.6 Å². The molecule has 4 nitrogen and oxygen atoms in total. The molecule has 1 N–H and O–H groups in total. The van der Waals surface area contributed by atoms with Gasteiger partial charge in [0.1, 0.15) is 17.3 Å². The van der Waals surface area contributed by atoms with Gasteiger partial charge >= 0.3 is 0 Å². The van der Waals surface area contributed by atoms with Gasteiger partial charge < -0.3 is 10.2 Å². The third-order valence-corrected chi connectivity index (χ3v) is 3.95. The molecule has 1 unspecified atom stereocenters. The standard InChI is InChI=1S/C13H21ClN4/c1-3-11-12(14)16-9-17-13(11)15-7-10-5-6-18(4-2)8-10/h9-10H,3-8H2,1-2H3,(H,15,16,17). The van der Waals surface area contributed by atoms with E-state index in [4.69, 9.17) is 11.6 Å². The van der Waals surface area contributed by atoms with Crippen molar-refractivity contribution in [2.45, 2.75) is 26.7 Å². The van der Waals surface area contributed by atoms with Gasteiger partial charge in [-0.3, -0.25) is 0 Å². The van der Waals surface area contributed by atoms with Crippen LogP contribution in [0.1, 0.15) is 25.8 Å². The predicted octanol–water partition coefficient (Wildman–Crippen LogP) is 2.45. The van der Waals surface area contributed by atoms with Crippen molar-refractivity contribution < 1.29 is 0 Å². The zero-order valence-electron chi connectivity index (χ0n) is 11.1. The largest absolute Gasteiger partial charge is 0.369 e. The molecular formula is C13H21ClN4. The van der Waals surface area contributed by atoms with Gasteiger partial charge in [-0.15, -0.1) is 0 Å². The van der Waals surface area contributed by atoms with E-state index in [0.29, 0.717) is 11.1 Å². The van der Waals surface area contributed by atoms with Gasteiger partial charge in [0, 0.05) is 18.7 Å². The van der Waals surface area contributed by atoms with Gasteiger partial charge in [0.2, 0.25) is 0 Å². The molecule has 1 aromatic heterocycles. The smallest absolute Gasteiger partial charge is 0.137 e. The van der Waals surface area contributed by atoms with Crippen LogP contribution in [0.5, 0.6) is 0 Å². The second-order valence-electron chi connectivity index (χ2n) is 4.77. The van der Waals surface area contributed by atoms with Crippen molar-refractivity contribution in [1.29, 1.82) is 0 Å². The van der Waals surface area contributed by atoms with E-state index in [1.54, 1.807) is 0 Å². The summed E-state index contributed by atoms with van der Waals surface area (Å²) in [5.41, 5.74) is 1.02. The maximum absolute atomic E-state index is 6.07. The Hall–Kier alpha value is -0.870. The summed E-state index contributed by atoms with van der Waals surface area (Å²) in [5, 5.41) is 4.00. The molecule has 0 amide bonds. The molecule has 0 spiro atoms. The van der Waals surface area contributed by atoms with Gasteiger partial charge in [-0.1, -0.05) is 25.4 Å². The predicted molar refractivity (Wildman–Crippen MR) is 75.1 cm³/mol. The van der Waals surface area contributed by atoms with Crippen LogP contribution < -0.4 is 5.32 Å². The average molecular weight is 269 g/mol. The molecule has 1 saturated heterocycles. The van der Waals surface area contributed by atoms with Crippen LogP contribution in [0.2, 0.25) is 5.15 Å². The number of halogens is 1. The first kappa shape index (κ1) is 13.6. The Kier molecular flexibility index (Phi) is 4.78. The summed E-state index contributed by atoms with van der Waals surface area (Å²) in [6, 6.07) is 0. The summed E-state index contributed by atoms with van der Waals surface area (Å²) in [4.78, 5) is 10.8. The molecule has 1 aromatic rings. The Morgan fingerprint density at radius 3 is 2.94 bits per heavy atom. The quantitative estimate of drug-likeness (QED) is 0.833. The molecular weight excluding hydrogens is 248 g/mol. The van der Waals surface area contributed by atoms with E-state index in [2.05, 4.69) is 34.0 Å². The molecule has 0 radical (unpaired) electrons. The average Bonchev–Trinajstić information content (AvgIpc) is 2.84. The maximum atomic E-state index is 6.07. The monoisotopic (exact) mass is 268 g/mol. The first-order valence-electron chi connectivity index (χ1n) is 6.70. The summed E-state index contributed by atoms with van der Waals surface area (Å²) in [6.45, 7) is 8.81. The van der Waals surface area contributed by atoms with Crippen LogP contribution in [0.15, 0.2) is 6.33 Å². The van der Waals surface area contributed by atoms with Gasteiger partial charge in [0.25, 0.3) is 0 Å². The molecule has 0 saturated carbocycles. The number of hydrogen-bond acceptors (Lipinski definition) is 4. The number of nitrogens with one attached hydrogen (secondary N) is 1. The lowest BCUT2D eigenvalue weighted by molar-refractivity contribution is 0.345. The highest BCUT2D eigenvalue weighted by Crippen LogP contribution is 2.22. The Bertz CT molecular complexity index is 397. The number of nitrogens with zero attached hydrogens (tertiary/aromatic N) is 3. The Morgan fingerprint density at radius 1 is 1.44 bits per heavy atom. The van der Waals surface area contributed by atoms with Crippen LogP contribution in [0, 0.1) is 5.92 Å². The van der Waals surface area contributed by atoms with Crippen LogP contribution in [0.3, 0.4) is 0 Å². The van der Waals surface area contributed by atoms with Gasteiger partial charge in [-0.2, -0.15) is 0 Å². The summed E-state index contributed by atoms with van der Waals surface area (Å²) in [5.74, 6) is 1.61. The van der Waals surface area contributed by atoms with Crippen molar-refractivity contribution in [3.63, 3.8) is 0 Å². The van der Waals surface area contributed by atoms with E-state index in [0.717, 1.165) is 30.9 Å². The highest BCUT2D eigenvalue weighted by molar-refractivity contribution is 6.30. The van der Waals surface area contributed by atoms with Crippen LogP contribution in [0.25, 0.3) is 0 Å². The molecule has 0 aliphatic carbocycles. The zero-order chi connectivity index (χ0) is 13.0. The van der Waals surface area contributed by atoms with Crippen molar-refractivity contribution in [2.24, 2.45) is 5.92 Å². The Labute approximate surface area is 114 Å². The third kappa shape index (κ3) is 3.12. The number of aromatic nitrogens is 2. The summed E-state index contributed by atoms with van der Waals surface area (Å²) in [7, 11) is 0. The maximum Gasteiger partial charge on any atom is 0.137 e. The molecule has 18 heavy (non-hydrogen) atoms. The minimum atomic E-state index is 0.566. The fraction of sp³-hybridized carbons (Fsp3) is 0.692. The zero-order valence-corrected chi connectivity index (χ0v) is 11.9. The number of likely N-dealkylation sites (tertiary alicyclic amines) is 1. The summed E-state index contributed by atoms with van der Waals surface area (Å²) >= 11 is 6.07. The fourth-order valence-corrected chi connectivity index (χ4v) is 2.73. The molecule has 5 heteroatoms. The SMILES string of the molecule is CCc1c(Cl)ncnc1NCC1CCN(CC)C1. The van der Waals surface area contributed by atoms with Gasteiger partial charge in [0.15, 0.2) is 0 Å². The molecule has 1 aliphatic heterocycles. The van der Waals surface area contributed by atoms with Gasteiger partial charge in [-0.25, -0.2) is 9.97 Å². The minimum Gasteiger partial charge on any atom is -0.369 e. The number of rotatable bonds is 5. The highest BCUT2D eigenvalue weighted by Gasteiger charge is 2.21. The Balaban J connectivity index is 1.92. The van der Waals surface area contributed by atoms with E-state index < -0.39 is 0 Å². The van der Waals surface area contributed by atoms with Crippen LogP contribution in [0.4, 0.5) is 5.82 Å². The minimum absolute atomic E-state index is 0.566. The molecule has 1 atom stereocenters. The number of anilines is 1. The number of hydrogen-bond donors (Lipinski definition) is 1. The molecule has 2 rings (SSSR count). The second kappa shape index (κ2) is 6.34. The van der Waals surface area contributed by atoms with Crippen molar-refractivity contribution >= 4 is 17.4 Å². The van der Waals surface area contributed by atoms with Gasteiger partial charge in [0.05, 0.1) is 0 Å². The summed E-state index contributed by atoms with van der Waals surface area (Å²) < 4.78 is 0. The van der Waals surface area contributed by atoms with E-state index in [-0.39, 0.29) is 0 Å². The topological polar surface area (TPSA) is 41.1 Å². The van der Waals surface area contributed by atoms with Crippen LogP contribution in [-0.4, -0.2) is 41.0 Å². The van der Waals surface area contributed by atoms with E-state index in [1.165, 1.54) is 25.8 Å². The first-order valence-corrected chi connectivity index (χ1v) is 7.08. The van der Waals surface area contributed by atoms with Crippen LogP contribution in [-0.2, 0) is 6.42 Å². The molecule has 100 valence electrons. The van der Waals surface area contributed by atoms with Crippen molar-refractivity contribution in [2.75, 3.05) is 31.5 Å². The second-order valence-corrected chi connectivity index (χ2v) is 5.13. The van der Waals surface area contributed by atoms with Gasteiger partial charge in [-0.05, 0) is 31.8 Å². The Morgan fingerprint density at radius 2 is 2.28 bits per heavy atom. The highest BCUT2D eigenvalue weighted by atomic mass is 35.5. The third-order valence-electron chi connectivity index (χ3n) is 3.62. The molecule has 0 aromatic carbocycles. The van der Waals surface area contributed by atoms with E-state index >= 15 is 0 Å². The normalized spacial score (nSPS) is 20.3. The lowest BCUT2D eigenvalue weighted by Gasteiger charge is -2.15. The molecule has 2 heterocycles. The fourth-order valence-electron chi connectivity index (χ4n) is 2.46. The van der Waals surface area contributed by atoms with E-state index in [1.807, 2.05) is 0 Å². The lowest BCUT2D eigenvalue weighted by atomic mass is 10.1. The molecule has 1 fully saturated rings. The molecule has 1 aliphatic rings. The summed E-state index contributed by atoms with van der Waals surface area (Å²) in [6.07, 6.45) is 3.64. The van der Waals surface area contributed by atoms with Crippen molar-refractivity contribution in [1.82, 2.24) is 14.9 Å². The van der Waals surface area contributed by atoms with E-state index in [9.17, 15) is 0 Å². The van der Waals surface area contributed by atoms with Crippen molar-refractivity contribution in [3.05, 3.63) is 17.0 Å².